The molecule has 1 fully saturated rings. The van der Waals surface area contributed by atoms with Gasteiger partial charge in [-0.3, -0.25) is 9.69 Å². The van der Waals surface area contributed by atoms with Crippen LogP contribution in [-0.4, -0.2) is 40.7 Å². The molecule has 1 heterocycles. The van der Waals surface area contributed by atoms with E-state index in [0.717, 1.165) is 16.5 Å². The molecular formula is C31H26N2O5S. The number of aliphatic imine (C=N–C) groups is 1. The summed E-state index contributed by atoms with van der Waals surface area (Å²) in [6, 6.07) is 26.3. The van der Waals surface area contributed by atoms with Crippen LogP contribution in [0.5, 0.6) is 11.5 Å². The smallest absolute Gasteiger partial charge is 0.335 e. The van der Waals surface area contributed by atoms with Crippen molar-refractivity contribution in [2.45, 2.75) is 13.5 Å². The minimum atomic E-state index is -1.00. The Hall–Kier alpha value is -4.56. The highest BCUT2D eigenvalue weighted by Crippen LogP contribution is 2.35. The highest BCUT2D eigenvalue weighted by Gasteiger charge is 2.30. The first-order chi connectivity index (χ1) is 18.9. The number of rotatable bonds is 8. The molecule has 4 aromatic rings. The average molecular weight is 539 g/mol. The molecule has 1 aliphatic rings. The Kier molecular flexibility index (Phi) is 7.65. The summed E-state index contributed by atoms with van der Waals surface area (Å²) in [5, 5.41) is 11.9. The van der Waals surface area contributed by atoms with Crippen molar-refractivity contribution in [1.82, 2.24) is 4.90 Å². The molecule has 196 valence electrons. The number of carboxylic acid groups (broad SMARTS) is 1. The van der Waals surface area contributed by atoms with Crippen LogP contribution in [-0.2, 0) is 11.4 Å². The van der Waals surface area contributed by atoms with Gasteiger partial charge in [0.1, 0.15) is 6.61 Å². The maximum atomic E-state index is 12.9. The summed E-state index contributed by atoms with van der Waals surface area (Å²) < 4.78 is 12.0. The summed E-state index contributed by atoms with van der Waals surface area (Å²) >= 11 is 1.26. The third-order valence-electron chi connectivity index (χ3n) is 6.12. The van der Waals surface area contributed by atoms with Crippen molar-refractivity contribution in [2.75, 3.05) is 13.7 Å². The predicted octanol–water partition coefficient (Wildman–Crippen LogP) is 6.75. The molecule has 1 saturated heterocycles. The maximum absolute atomic E-state index is 12.9. The van der Waals surface area contributed by atoms with Gasteiger partial charge in [0.2, 0.25) is 0 Å². The Morgan fingerprint density at radius 2 is 1.72 bits per heavy atom. The van der Waals surface area contributed by atoms with Crippen LogP contribution in [0.2, 0.25) is 0 Å². The monoisotopic (exact) mass is 538 g/mol. The second-order valence-corrected chi connectivity index (χ2v) is 9.84. The molecule has 0 spiro atoms. The normalized spacial score (nSPS) is 15.3. The number of aromatic carboxylic acids is 1. The Bertz CT molecular complexity index is 1610. The van der Waals surface area contributed by atoms with Crippen LogP contribution in [0.1, 0.15) is 28.4 Å². The minimum absolute atomic E-state index is 0.171. The van der Waals surface area contributed by atoms with Crippen molar-refractivity contribution in [3.63, 3.8) is 0 Å². The highest BCUT2D eigenvalue weighted by atomic mass is 32.2. The molecule has 39 heavy (non-hydrogen) atoms. The average Bonchev–Trinajstić information content (AvgIpc) is 3.20. The number of hydrogen-bond donors (Lipinski definition) is 1. The molecule has 7 nitrogen and oxygen atoms in total. The zero-order chi connectivity index (χ0) is 27.4. The van der Waals surface area contributed by atoms with Gasteiger partial charge < -0.3 is 14.6 Å². The summed E-state index contributed by atoms with van der Waals surface area (Å²) in [5.41, 5.74) is 2.60. The Morgan fingerprint density at radius 3 is 2.46 bits per heavy atom. The molecule has 0 aromatic heterocycles. The molecule has 5 rings (SSSR count). The van der Waals surface area contributed by atoms with Crippen molar-refractivity contribution in [3.8, 4) is 11.5 Å². The van der Waals surface area contributed by atoms with Gasteiger partial charge in [-0.1, -0.05) is 42.5 Å². The lowest BCUT2D eigenvalue weighted by Crippen LogP contribution is -2.23. The highest BCUT2D eigenvalue weighted by molar-refractivity contribution is 8.18. The molecule has 8 heteroatoms. The van der Waals surface area contributed by atoms with E-state index in [1.165, 1.54) is 34.2 Å². The quantitative estimate of drug-likeness (QED) is 0.250. The first kappa shape index (κ1) is 26.1. The van der Waals surface area contributed by atoms with Crippen molar-refractivity contribution in [2.24, 2.45) is 4.99 Å². The van der Waals surface area contributed by atoms with E-state index in [0.29, 0.717) is 40.5 Å². The standard InChI is InChI=1S/C31H26N2O5S/c1-3-37-27-17-20(9-15-26(27)38-19-21-8-10-22-6-4-5-7-24(22)16-21)18-28-29(34)33(2)31(39-28)32-25-13-11-23(12-14-25)30(35)36/h4-18H,3,19H2,1-2H3,(H,35,36). The van der Waals surface area contributed by atoms with Gasteiger partial charge in [-0.25, -0.2) is 9.79 Å². The number of amidine groups is 1. The lowest BCUT2D eigenvalue weighted by molar-refractivity contribution is -0.121. The van der Waals surface area contributed by atoms with Gasteiger partial charge in [-0.15, -0.1) is 0 Å². The van der Waals surface area contributed by atoms with E-state index in [1.807, 2.05) is 37.3 Å². The first-order valence-corrected chi connectivity index (χ1v) is 13.2. The summed E-state index contributed by atoms with van der Waals surface area (Å²) in [7, 11) is 1.66. The number of carbonyl (C=O) groups is 2. The van der Waals surface area contributed by atoms with Gasteiger partial charge >= 0.3 is 5.97 Å². The second-order valence-electron chi connectivity index (χ2n) is 8.83. The molecule has 0 bridgehead atoms. The molecule has 1 amide bonds. The van der Waals surface area contributed by atoms with Crippen LogP contribution in [0.25, 0.3) is 16.8 Å². The number of benzene rings is 4. The molecule has 1 N–H and O–H groups in total. The van der Waals surface area contributed by atoms with Gasteiger partial charge in [0, 0.05) is 7.05 Å². The lowest BCUT2D eigenvalue weighted by atomic mass is 10.1. The van der Waals surface area contributed by atoms with Crippen molar-refractivity contribution in [3.05, 3.63) is 107 Å². The third kappa shape index (κ3) is 5.97. The van der Waals surface area contributed by atoms with E-state index in [9.17, 15) is 9.59 Å². The van der Waals surface area contributed by atoms with E-state index in [-0.39, 0.29) is 11.5 Å². The lowest BCUT2D eigenvalue weighted by Gasteiger charge is -2.13. The Labute approximate surface area is 230 Å². The minimum Gasteiger partial charge on any atom is -0.490 e. The summed E-state index contributed by atoms with van der Waals surface area (Å²) in [5.74, 6) is 0.0552. The molecule has 1 aliphatic heterocycles. The van der Waals surface area contributed by atoms with E-state index in [1.54, 1.807) is 25.3 Å². The van der Waals surface area contributed by atoms with E-state index in [2.05, 4.69) is 35.3 Å². The number of carbonyl (C=O) groups excluding carboxylic acids is 1. The predicted molar refractivity (Wildman–Crippen MR) is 155 cm³/mol. The number of likely N-dealkylation sites (N-methyl/N-ethyl adjacent to an activating group) is 1. The molecule has 4 aromatic carbocycles. The van der Waals surface area contributed by atoms with Crippen molar-refractivity contribution in [1.29, 1.82) is 0 Å². The van der Waals surface area contributed by atoms with Crippen molar-refractivity contribution < 1.29 is 24.2 Å². The van der Waals surface area contributed by atoms with Gasteiger partial charge in [0.25, 0.3) is 5.91 Å². The molecule has 0 aliphatic carbocycles. The fraction of sp³-hybridized carbons (Fsp3) is 0.129. The number of fused-ring (bicyclic) bond motifs is 1. The fourth-order valence-corrected chi connectivity index (χ4v) is 5.07. The number of nitrogens with zero attached hydrogens (tertiary/aromatic N) is 2. The van der Waals surface area contributed by atoms with Gasteiger partial charge in [0.15, 0.2) is 16.7 Å². The van der Waals surface area contributed by atoms with Gasteiger partial charge in [-0.05, 0) is 89.1 Å². The summed E-state index contributed by atoms with van der Waals surface area (Å²) in [6.07, 6.45) is 1.80. The Balaban J connectivity index is 1.33. The second kappa shape index (κ2) is 11.4. The zero-order valence-corrected chi connectivity index (χ0v) is 22.3. The zero-order valence-electron chi connectivity index (χ0n) is 21.5. The van der Waals surface area contributed by atoms with Crippen LogP contribution in [0, 0.1) is 0 Å². The van der Waals surface area contributed by atoms with E-state index < -0.39 is 5.97 Å². The largest absolute Gasteiger partial charge is 0.490 e. The number of ether oxygens (including phenoxy) is 2. The van der Waals surface area contributed by atoms with Gasteiger partial charge in [-0.2, -0.15) is 0 Å². The van der Waals surface area contributed by atoms with Crippen LogP contribution < -0.4 is 9.47 Å². The van der Waals surface area contributed by atoms with Crippen LogP contribution in [0.15, 0.2) is 94.8 Å². The molecular weight excluding hydrogens is 512 g/mol. The number of carboxylic acids is 1. The summed E-state index contributed by atoms with van der Waals surface area (Å²) in [4.78, 5) is 30.5. The molecule has 0 radical (unpaired) electrons. The maximum Gasteiger partial charge on any atom is 0.335 e. The topological polar surface area (TPSA) is 88.4 Å². The van der Waals surface area contributed by atoms with Crippen LogP contribution in [0.3, 0.4) is 0 Å². The third-order valence-corrected chi connectivity index (χ3v) is 7.18. The number of thioether (sulfide) groups is 1. The first-order valence-electron chi connectivity index (χ1n) is 12.4. The summed E-state index contributed by atoms with van der Waals surface area (Å²) in [6.45, 7) is 2.79. The molecule has 0 saturated carbocycles. The Morgan fingerprint density at radius 1 is 0.949 bits per heavy atom. The van der Waals surface area contributed by atoms with Gasteiger partial charge in [0.05, 0.1) is 22.8 Å². The SMILES string of the molecule is CCOc1cc(C=C2SC(=Nc3ccc(C(=O)O)cc3)N(C)C2=O)ccc1OCc1ccc2ccccc2c1. The molecule has 0 atom stereocenters. The number of amides is 1. The van der Waals surface area contributed by atoms with Crippen LogP contribution in [0.4, 0.5) is 5.69 Å². The van der Waals surface area contributed by atoms with E-state index in [4.69, 9.17) is 14.6 Å². The number of hydrogen-bond acceptors (Lipinski definition) is 6. The van der Waals surface area contributed by atoms with Crippen molar-refractivity contribution >= 4 is 51.3 Å². The molecule has 0 unspecified atom stereocenters. The van der Waals surface area contributed by atoms with Crippen LogP contribution >= 0.6 is 11.8 Å². The van der Waals surface area contributed by atoms with E-state index >= 15 is 0 Å². The fourth-order valence-electron chi connectivity index (χ4n) is 4.08.